The molecule has 2 N–H and O–H groups in total. The molecule has 0 radical (unpaired) electrons. The monoisotopic (exact) mass is 238 g/mol. The Morgan fingerprint density at radius 1 is 0.778 bits per heavy atom. The minimum absolute atomic E-state index is 0.369. The molecule has 0 unspecified atom stereocenters. The molecule has 0 fully saturated rings. The minimum atomic E-state index is -0.486. The molecule has 0 bridgehead atoms. The maximum Gasteiger partial charge on any atom is 0.326 e. The van der Waals surface area contributed by atoms with E-state index in [1.165, 1.54) is 0 Å². The van der Waals surface area contributed by atoms with Gasteiger partial charge in [-0.05, 0) is 23.3 Å². The summed E-state index contributed by atoms with van der Waals surface area (Å²) in [6.07, 6.45) is 0. The zero-order valence-corrected chi connectivity index (χ0v) is 9.44. The van der Waals surface area contributed by atoms with E-state index < -0.39 is 5.69 Å². The molecule has 0 atom stereocenters. The van der Waals surface area contributed by atoms with Gasteiger partial charge in [-0.3, -0.25) is 9.78 Å². The van der Waals surface area contributed by atoms with Gasteiger partial charge in [-0.1, -0.05) is 36.4 Å². The van der Waals surface area contributed by atoms with Gasteiger partial charge in [0, 0.05) is 0 Å². The van der Waals surface area contributed by atoms with Gasteiger partial charge in [-0.25, -0.2) is 4.79 Å². The summed E-state index contributed by atoms with van der Waals surface area (Å²) >= 11 is 0. The average Bonchev–Trinajstić information content (AvgIpc) is 2.39. The van der Waals surface area contributed by atoms with Crippen molar-refractivity contribution in [2.75, 3.05) is 0 Å². The molecule has 1 aromatic heterocycles. The van der Waals surface area contributed by atoms with Crippen molar-refractivity contribution in [1.29, 1.82) is 0 Å². The van der Waals surface area contributed by atoms with Crippen LogP contribution in [0.4, 0.5) is 0 Å². The van der Waals surface area contributed by atoms with Crippen molar-refractivity contribution in [2.24, 2.45) is 0 Å². The number of hydrogen-bond donors (Lipinski definition) is 2. The number of hydrogen-bond acceptors (Lipinski definition) is 2. The van der Waals surface area contributed by atoms with Crippen molar-refractivity contribution in [2.45, 2.75) is 0 Å². The second-order valence-corrected chi connectivity index (χ2v) is 4.03. The van der Waals surface area contributed by atoms with Crippen LogP contribution in [0.25, 0.3) is 22.0 Å². The third kappa shape index (κ3) is 1.73. The second kappa shape index (κ2) is 4.00. The lowest BCUT2D eigenvalue weighted by molar-refractivity contribution is 1.08. The number of aromatic nitrogens is 2. The number of rotatable bonds is 1. The average molecular weight is 238 g/mol. The van der Waals surface area contributed by atoms with Gasteiger partial charge in [0.25, 0.3) is 5.56 Å². The van der Waals surface area contributed by atoms with Crippen LogP contribution in [0.15, 0.2) is 58.1 Å². The normalized spacial score (nSPS) is 10.7. The summed E-state index contributed by atoms with van der Waals surface area (Å²) in [5, 5.41) is 0.482. The summed E-state index contributed by atoms with van der Waals surface area (Å²) in [7, 11) is 0. The Bertz CT molecular complexity index is 816. The molecule has 0 aliphatic rings. The molecule has 0 aliphatic carbocycles. The molecule has 88 valence electrons. The molecular weight excluding hydrogens is 228 g/mol. The van der Waals surface area contributed by atoms with E-state index in [0.717, 1.165) is 11.1 Å². The maximum atomic E-state index is 11.7. The Labute approximate surface area is 102 Å². The zero-order chi connectivity index (χ0) is 12.5. The van der Waals surface area contributed by atoms with Crippen LogP contribution in [0.3, 0.4) is 0 Å². The molecule has 0 saturated heterocycles. The molecule has 0 amide bonds. The Morgan fingerprint density at radius 3 is 2.33 bits per heavy atom. The highest BCUT2D eigenvalue weighted by Crippen LogP contribution is 2.21. The van der Waals surface area contributed by atoms with Gasteiger partial charge in [0.1, 0.15) is 0 Å². The van der Waals surface area contributed by atoms with Crippen LogP contribution in [0.5, 0.6) is 0 Å². The van der Waals surface area contributed by atoms with Crippen LogP contribution in [-0.2, 0) is 0 Å². The van der Waals surface area contributed by atoms with E-state index in [1.807, 2.05) is 36.4 Å². The standard InChI is InChI=1S/C14H10N2O2/c17-13-11-8-10(9-4-2-1-3-5-9)6-7-12(11)15-14(18)16-13/h1-8H,(H2,15,16,17,18). The third-order valence-electron chi connectivity index (χ3n) is 2.85. The molecule has 2 aromatic carbocycles. The molecule has 0 aliphatic heterocycles. The number of aromatic amines is 2. The Hall–Kier alpha value is -2.62. The van der Waals surface area contributed by atoms with E-state index in [-0.39, 0.29) is 5.56 Å². The fourth-order valence-electron chi connectivity index (χ4n) is 1.98. The van der Waals surface area contributed by atoms with E-state index in [4.69, 9.17) is 0 Å². The Morgan fingerprint density at radius 2 is 1.56 bits per heavy atom. The first-order valence-electron chi connectivity index (χ1n) is 5.56. The van der Waals surface area contributed by atoms with Gasteiger partial charge in [-0.2, -0.15) is 0 Å². The number of benzene rings is 2. The number of H-pyrrole nitrogens is 2. The van der Waals surface area contributed by atoms with Crippen LogP contribution in [0.2, 0.25) is 0 Å². The van der Waals surface area contributed by atoms with Gasteiger partial charge >= 0.3 is 5.69 Å². The second-order valence-electron chi connectivity index (χ2n) is 4.03. The predicted molar refractivity (Wildman–Crippen MR) is 70.6 cm³/mol. The van der Waals surface area contributed by atoms with Crippen molar-refractivity contribution in [3.63, 3.8) is 0 Å². The van der Waals surface area contributed by atoms with Gasteiger partial charge in [0.15, 0.2) is 0 Å². The van der Waals surface area contributed by atoms with Gasteiger partial charge < -0.3 is 4.98 Å². The zero-order valence-electron chi connectivity index (χ0n) is 9.44. The Kier molecular flexibility index (Phi) is 2.34. The summed E-state index contributed by atoms with van der Waals surface area (Å²) in [5.41, 5.74) is 1.67. The molecule has 4 heteroatoms. The molecule has 3 rings (SSSR count). The van der Waals surface area contributed by atoms with Crippen LogP contribution < -0.4 is 11.2 Å². The lowest BCUT2D eigenvalue weighted by atomic mass is 10.0. The minimum Gasteiger partial charge on any atom is -0.307 e. The first-order chi connectivity index (χ1) is 8.74. The van der Waals surface area contributed by atoms with Crippen molar-refractivity contribution in [1.82, 2.24) is 9.97 Å². The lowest BCUT2D eigenvalue weighted by Gasteiger charge is -2.02. The van der Waals surface area contributed by atoms with Crippen molar-refractivity contribution in [3.8, 4) is 11.1 Å². The lowest BCUT2D eigenvalue weighted by Crippen LogP contribution is -2.21. The summed E-state index contributed by atoms with van der Waals surface area (Å²) in [5.74, 6) is 0. The predicted octanol–water partition coefficient (Wildman–Crippen LogP) is 1.88. The smallest absolute Gasteiger partial charge is 0.307 e. The van der Waals surface area contributed by atoms with E-state index in [1.54, 1.807) is 12.1 Å². The molecule has 0 saturated carbocycles. The fourth-order valence-corrected chi connectivity index (χ4v) is 1.98. The summed E-state index contributed by atoms with van der Waals surface area (Å²) in [6.45, 7) is 0. The van der Waals surface area contributed by atoms with Crippen molar-refractivity contribution < 1.29 is 0 Å². The molecule has 3 aromatic rings. The van der Waals surface area contributed by atoms with E-state index in [0.29, 0.717) is 10.9 Å². The number of fused-ring (bicyclic) bond motifs is 1. The summed E-state index contributed by atoms with van der Waals surface area (Å²) in [6, 6.07) is 15.2. The van der Waals surface area contributed by atoms with Crippen LogP contribution in [-0.4, -0.2) is 9.97 Å². The quantitative estimate of drug-likeness (QED) is 0.679. The summed E-state index contributed by atoms with van der Waals surface area (Å²) in [4.78, 5) is 27.7. The third-order valence-corrected chi connectivity index (χ3v) is 2.85. The maximum absolute atomic E-state index is 11.7. The van der Waals surface area contributed by atoms with Crippen molar-refractivity contribution in [3.05, 3.63) is 69.4 Å². The van der Waals surface area contributed by atoms with E-state index in [9.17, 15) is 9.59 Å². The van der Waals surface area contributed by atoms with Crippen LogP contribution in [0, 0.1) is 0 Å². The topological polar surface area (TPSA) is 65.7 Å². The van der Waals surface area contributed by atoms with Crippen molar-refractivity contribution >= 4 is 10.9 Å². The molecule has 18 heavy (non-hydrogen) atoms. The molecule has 4 nitrogen and oxygen atoms in total. The highest BCUT2D eigenvalue weighted by atomic mass is 16.2. The molecule has 1 heterocycles. The van der Waals surface area contributed by atoms with Crippen LogP contribution in [0.1, 0.15) is 0 Å². The number of nitrogens with one attached hydrogen (secondary N) is 2. The van der Waals surface area contributed by atoms with E-state index >= 15 is 0 Å². The molecule has 0 spiro atoms. The first-order valence-corrected chi connectivity index (χ1v) is 5.56. The summed E-state index contributed by atoms with van der Waals surface area (Å²) < 4.78 is 0. The highest BCUT2D eigenvalue weighted by Gasteiger charge is 2.03. The SMILES string of the molecule is O=c1[nH]c(=O)c2cc(-c3ccccc3)ccc2[nH]1. The Balaban J connectivity index is 2.30. The van der Waals surface area contributed by atoms with Gasteiger partial charge in [0.2, 0.25) is 0 Å². The fraction of sp³-hybridized carbons (Fsp3) is 0. The molecular formula is C14H10N2O2. The van der Waals surface area contributed by atoms with Gasteiger partial charge in [-0.15, -0.1) is 0 Å². The first kappa shape index (κ1) is 10.5. The largest absolute Gasteiger partial charge is 0.326 e. The van der Waals surface area contributed by atoms with Crippen LogP contribution >= 0.6 is 0 Å². The highest BCUT2D eigenvalue weighted by molar-refractivity contribution is 5.83. The van der Waals surface area contributed by atoms with E-state index in [2.05, 4.69) is 9.97 Å². The van der Waals surface area contributed by atoms with Gasteiger partial charge in [0.05, 0.1) is 10.9 Å².